The lowest BCUT2D eigenvalue weighted by molar-refractivity contribution is 0.210. The molecule has 7 nitrogen and oxygen atoms in total. The van der Waals surface area contributed by atoms with E-state index in [4.69, 9.17) is 21.1 Å². The van der Waals surface area contributed by atoms with Crippen LogP contribution in [0.5, 0.6) is 0 Å². The summed E-state index contributed by atoms with van der Waals surface area (Å²) in [6.45, 7) is 0. The largest absolute Gasteiger partial charge is 0.465 e. The molecule has 0 aliphatic heterocycles. The fourth-order valence-electron chi connectivity index (χ4n) is 2.66. The lowest BCUT2D eigenvalue weighted by Crippen LogP contribution is -2.09. The highest BCUT2D eigenvalue weighted by atomic mass is 79.9. The number of rotatable bonds is 2. The molecule has 0 fully saturated rings. The maximum absolute atomic E-state index is 12.4. The van der Waals surface area contributed by atoms with E-state index in [1.54, 1.807) is 12.1 Å². The highest BCUT2D eigenvalue weighted by molar-refractivity contribution is 9.10. The molecule has 0 saturated heterocycles. The molecule has 0 spiro atoms. The van der Waals surface area contributed by atoms with E-state index in [-0.39, 0.29) is 16.4 Å². The maximum atomic E-state index is 12.4. The molecular formula is C17H9BrClN3O4. The van der Waals surface area contributed by atoms with Crippen LogP contribution in [0.25, 0.3) is 33.5 Å². The molecule has 3 N–H and O–H groups in total. The fraction of sp³-hybridized carbons (Fsp3) is 0. The zero-order chi connectivity index (χ0) is 18.4. The van der Waals surface area contributed by atoms with Gasteiger partial charge in [-0.15, -0.1) is 0 Å². The van der Waals surface area contributed by atoms with E-state index in [1.165, 1.54) is 12.1 Å². The van der Waals surface area contributed by atoms with Crippen LogP contribution >= 0.6 is 27.5 Å². The first-order chi connectivity index (χ1) is 12.4. The molecule has 0 saturated carbocycles. The number of aromatic nitrogens is 2. The van der Waals surface area contributed by atoms with Gasteiger partial charge in [0.1, 0.15) is 16.9 Å². The third-order valence-corrected chi connectivity index (χ3v) is 4.57. The average molecular weight is 435 g/mol. The summed E-state index contributed by atoms with van der Waals surface area (Å²) in [7, 11) is 0. The minimum Gasteiger partial charge on any atom is -0.465 e. The molecule has 26 heavy (non-hydrogen) atoms. The molecule has 0 radical (unpaired) electrons. The van der Waals surface area contributed by atoms with Gasteiger partial charge in [0.05, 0.1) is 5.02 Å². The van der Waals surface area contributed by atoms with Crippen molar-refractivity contribution in [2.45, 2.75) is 0 Å². The number of nitrogens with zero attached hydrogens (tertiary/aromatic N) is 1. The predicted molar refractivity (Wildman–Crippen MR) is 102 cm³/mol. The van der Waals surface area contributed by atoms with Gasteiger partial charge in [-0.1, -0.05) is 27.5 Å². The summed E-state index contributed by atoms with van der Waals surface area (Å²) in [5, 5.41) is 11.9. The lowest BCUT2D eigenvalue weighted by atomic mass is 10.2. The van der Waals surface area contributed by atoms with Crippen LogP contribution in [0.2, 0.25) is 5.02 Å². The minimum absolute atomic E-state index is 0.127. The van der Waals surface area contributed by atoms with E-state index in [9.17, 15) is 9.59 Å². The topological polar surface area (TPSA) is 108 Å². The normalized spacial score (nSPS) is 11.2. The van der Waals surface area contributed by atoms with E-state index in [1.807, 2.05) is 12.1 Å². The van der Waals surface area contributed by atoms with Gasteiger partial charge in [-0.25, -0.2) is 9.78 Å². The Morgan fingerprint density at radius 2 is 2.08 bits per heavy atom. The summed E-state index contributed by atoms with van der Waals surface area (Å²) in [4.78, 5) is 30.3. The molecule has 9 heteroatoms. The highest BCUT2D eigenvalue weighted by Gasteiger charge is 2.16. The zero-order valence-electron chi connectivity index (χ0n) is 12.8. The molecular weight excluding hydrogens is 426 g/mol. The van der Waals surface area contributed by atoms with Crippen molar-refractivity contribution >= 4 is 61.4 Å². The molecule has 0 aliphatic carbocycles. The van der Waals surface area contributed by atoms with Gasteiger partial charge in [-0.2, -0.15) is 0 Å². The predicted octanol–water partition coefficient (Wildman–Crippen LogP) is 4.84. The first kappa shape index (κ1) is 16.6. The van der Waals surface area contributed by atoms with Crippen LogP contribution in [0.1, 0.15) is 0 Å². The van der Waals surface area contributed by atoms with Crippen molar-refractivity contribution in [2.75, 3.05) is 5.32 Å². The number of furan rings is 1. The van der Waals surface area contributed by atoms with Gasteiger partial charge in [0.25, 0.3) is 5.56 Å². The Kier molecular flexibility index (Phi) is 3.93. The summed E-state index contributed by atoms with van der Waals surface area (Å²) in [6, 6.07) is 9.93. The van der Waals surface area contributed by atoms with Crippen LogP contribution in [0.4, 0.5) is 10.5 Å². The lowest BCUT2D eigenvalue weighted by Gasteiger charge is -2.06. The Hall–Kier alpha value is -2.84. The first-order valence-corrected chi connectivity index (χ1v) is 8.51. The molecule has 2 aromatic heterocycles. The second-order valence-electron chi connectivity index (χ2n) is 5.46. The monoisotopic (exact) mass is 433 g/mol. The van der Waals surface area contributed by atoms with Gasteiger partial charge >= 0.3 is 6.09 Å². The summed E-state index contributed by atoms with van der Waals surface area (Å²) in [5.41, 5.74) is 1.44. The highest BCUT2D eigenvalue weighted by Crippen LogP contribution is 2.31. The van der Waals surface area contributed by atoms with Crippen molar-refractivity contribution in [3.8, 4) is 11.4 Å². The summed E-state index contributed by atoms with van der Waals surface area (Å²) >= 11 is 9.63. The van der Waals surface area contributed by atoms with Crippen LogP contribution in [0.3, 0.4) is 0 Å². The van der Waals surface area contributed by atoms with Crippen molar-refractivity contribution < 1.29 is 14.3 Å². The van der Waals surface area contributed by atoms with E-state index >= 15 is 0 Å². The van der Waals surface area contributed by atoms with Crippen molar-refractivity contribution in [1.82, 2.24) is 9.97 Å². The Morgan fingerprint density at radius 1 is 1.27 bits per heavy atom. The molecule has 1 amide bonds. The Labute approximate surface area is 158 Å². The molecule has 130 valence electrons. The number of amides is 1. The third-order valence-electron chi connectivity index (χ3n) is 3.76. The van der Waals surface area contributed by atoms with Gasteiger partial charge in [0.15, 0.2) is 0 Å². The molecule has 2 heterocycles. The maximum Gasteiger partial charge on any atom is 0.409 e. The number of benzene rings is 2. The van der Waals surface area contributed by atoms with E-state index in [0.29, 0.717) is 27.7 Å². The number of hydrogen-bond acceptors (Lipinski definition) is 4. The van der Waals surface area contributed by atoms with Crippen molar-refractivity contribution in [3.63, 3.8) is 0 Å². The van der Waals surface area contributed by atoms with E-state index < -0.39 is 11.7 Å². The van der Waals surface area contributed by atoms with E-state index in [2.05, 4.69) is 31.2 Å². The summed E-state index contributed by atoms with van der Waals surface area (Å²) < 4.78 is 6.42. The number of nitrogens with one attached hydrogen (secondary N) is 2. The van der Waals surface area contributed by atoms with Gasteiger partial charge in [-0.05, 0) is 36.4 Å². The number of fused-ring (bicyclic) bond motifs is 3. The molecule has 0 aliphatic rings. The van der Waals surface area contributed by atoms with Gasteiger partial charge < -0.3 is 14.5 Å². The number of halogens is 2. The van der Waals surface area contributed by atoms with Crippen molar-refractivity contribution in [1.29, 1.82) is 0 Å². The van der Waals surface area contributed by atoms with Crippen LogP contribution < -0.4 is 10.9 Å². The van der Waals surface area contributed by atoms with Gasteiger partial charge in [0.2, 0.25) is 5.58 Å². The number of anilines is 1. The van der Waals surface area contributed by atoms with Crippen LogP contribution in [0.15, 0.2) is 50.1 Å². The Morgan fingerprint density at radius 3 is 2.81 bits per heavy atom. The molecule has 0 bridgehead atoms. The van der Waals surface area contributed by atoms with Gasteiger partial charge in [0, 0.05) is 21.1 Å². The van der Waals surface area contributed by atoms with E-state index in [0.717, 1.165) is 4.47 Å². The number of hydrogen-bond donors (Lipinski definition) is 3. The average Bonchev–Trinajstić information content (AvgIpc) is 2.93. The van der Waals surface area contributed by atoms with Gasteiger partial charge in [-0.3, -0.25) is 10.1 Å². The number of carboxylic acid groups (broad SMARTS) is 1. The SMILES string of the molecule is O=C(O)Nc1ccc(-c2nc3c(oc4ccc(Br)cc43)c(=O)[nH]2)c(Cl)c1. The van der Waals surface area contributed by atoms with Crippen molar-refractivity contribution in [3.05, 3.63) is 56.2 Å². The quantitative estimate of drug-likeness (QED) is 0.418. The second-order valence-corrected chi connectivity index (χ2v) is 6.78. The summed E-state index contributed by atoms with van der Waals surface area (Å²) in [6.07, 6.45) is -1.20. The number of aromatic amines is 1. The molecule has 0 atom stereocenters. The smallest absolute Gasteiger partial charge is 0.409 e. The van der Waals surface area contributed by atoms with Crippen molar-refractivity contribution in [2.24, 2.45) is 0 Å². The Bertz CT molecular complexity index is 1250. The molecule has 0 unspecified atom stereocenters. The Balaban J connectivity index is 1.92. The number of carbonyl (C=O) groups is 1. The molecule has 2 aromatic carbocycles. The van der Waals surface area contributed by atoms with Crippen LogP contribution in [-0.4, -0.2) is 21.2 Å². The zero-order valence-corrected chi connectivity index (χ0v) is 15.2. The van der Waals surface area contributed by atoms with Crippen LogP contribution in [0, 0.1) is 0 Å². The second kappa shape index (κ2) is 6.15. The third kappa shape index (κ3) is 2.83. The standard InChI is InChI=1S/C17H9BrClN3O4/c18-7-1-4-12-10(5-7)13-14(26-12)16(23)22-15(21-13)9-3-2-8(6-11(9)19)20-17(24)25/h1-6,20H,(H,24,25)(H,21,22,23). The minimum atomic E-state index is -1.20. The number of H-pyrrole nitrogens is 1. The van der Waals surface area contributed by atoms with Crippen LogP contribution in [-0.2, 0) is 0 Å². The molecule has 4 aromatic rings. The molecule has 4 rings (SSSR count). The fourth-order valence-corrected chi connectivity index (χ4v) is 3.29. The summed E-state index contributed by atoms with van der Waals surface area (Å²) in [5.74, 6) is 0.261. The first-order valence-electron chi connectivity index (χ1n) is 7.34.